The second kappa shape index (κ2) is 19.4. The zero-order chi connectivity index (χ0) is 37.7. The molecule has 286 valence electrons. The van der Waals surface area contributed by atoms with Gasteiger partial charge in [0.25, 0.3) is 0 Å². The first-order valence-electron chi connectivity index (χ1n) is 19.7. The summed E-state index contributed by atoms with van der Waals surface area (Å²) in [6.07, 6.45) is 13.0. The average Bonchev–Trinajstić information content (AvgIpc) is 3.20. The van der Waals surface area contributed by atoms with E-state index in [2.05, 4.69) is 52.0 Å². The van der Waals surface area contributed by atoms with Gasteiger partial charge in [-0.1, -0.05) is 61.7 Å². The molecule has 2 heterocycles. The fourth-order valence-corrected chi connectivity index (χ4v) is 7.97. The molecular formula is C44H55N5O5. The van der Waals surface area contributed by atoms with Crippen LogP contribution in [0.25, 0.3) is 10.9 Å². The van der Waals surface area contributed by atoms with Gasteiger partial charge in [-0.25, -0.2) is 4.79 Å². The molecule has 0 spiro atoms. The van der Waals surface area contributed by atoms with E-state index in [1.165, 1.54) is 19.1 Å². The van der Waals surface area contributed by atoms with E-state index in [1.54, 1.807) is 4.90 Å². The number of rotatable bonds is 16. The van der Waals surface area contributed by atoms with Gasteiger partial charge in [-0.15, -0.1) is 0 Å². The number of benzene rings is 3. The Morgan fingerprint density at radius 3 is 2.46 bits per heavy atom. The van der Waals surface area contributed by atoms with Crippen LogP contribution in [0, 0.1) is 5.92 Å². The molecule has 4 N–H and O–H groups in total. The predicted molar refractivity (Wildman–Crippen MR) is 212 cm³/mol. The molecule has 4 aromatic rings. The molecule has 1 aliphatic carbocycles. The Bertz CT molecular complexity index is 1830. The number of aromatic nitrogens is 1. The van der Waals surface area contributed by atoms with Gasteiger partial charge in [0, 0.05) is 36.3 Å². The number of nitrogens with two attached hydrogens (primary N) is 1. The van der Waals surface area contributed by atoms with Crippen molar-refractivity contribution >= 4 is 34.5 Å². The Morgan fingerprint density at radius 1 is 0.907 bits per heavy atom. The molecule has 2 aliphatic rings. The molecule has 10 heteroatoms. The summed E-state index contributed by atoms with van der Waals surface area (Å²) in [6, 6.07) is 25.5. The summed E-state index contributed by atoms with van der Waals surface area (Å²) in [5.41, 5.74) is 11.3. The van der Waals surface area contributed by atoms with Gasteiger partial charge in [0.15, 0.2) is 0 Å². The number of hydrogen-bond acceptors (Lipinski definition) is 7. The molecule has 3 aromatic carbocycles. The number of nitrogens with one attached hydrogen (secondary N) is 2. The molecule has 6 rings (SSSR count). The number of carbonyl (C=O) groups is 3. The fraction of sp³-hybridized carbons (Fsp3) is 0.455. The summed E-state index contributed by atoms with van der Waals surface area (Å²) in [4.78, 5) is 44.9. The van der Waals surface area contributed by atoms with Gasteiger partial charge in [0.2, 0.25) is 11.8 Å². The lowest BCUT2D eigenvalue weighted by atomic mass is 9.82. The molecule has 1 saturated heterocycles. The normalized spacial score (nSPS) is 17.5. The number of aryl methyl sites for hydroxylation is 1. The second-order valence-electron chi connectivity index (χ2n) is 14.8. The zero-order valence-electron chi connectivity index (χ0n) is 31.5. The number of unbranched alkanes of at least 4 members (excludes halogenated alkanes) is 2. The Morgan fingerprint density at radius 2 is 1.69 bits per heavy atom. The number of piperidine rings is 1. The second-order valence-corrected chi connectivity index (χ2v) is 14.8. The number of hydrogen-bond donors (Lipinski definition) is 3. The van der Waals surface area contributed by atoms with Gasteiger partial charge in [-0.2, -0.15) is 0 Å². The highest BCUT2D eigenvalue weighted by Gasteiger charge is 2.40. The van der Waals surface area contributed by atoms with E-state index in [0.29, 0.717) is 26.1 Å². The third-order valence-electron chi connectivity index (χ3n) is 11.0. The summed E-state index contributed by atoms with van der Waals surface area (Å²) in [6.45, 7) is 1.67. The first-order chi connectivity index (χ1) is 26.4. The Hall–Kier alpha value is -4.96. The van der Waals surface area contributed by atoms with Crippen molar-refractivity contribution < 1.29 is 23.9 Å². The number of alkyl carbamates (subject to hydrolysis) is 1. The molecule has 1 aromatic heterocycles. The molecule has 3 amide bonds. The number of para-hydroxylation sites is 1. The van der Waals surface area contributed by atoms with Gasteiger partial charge in [-0.05, 0) is 117 Å². The number of ether oxygens (including phenoxy) is 2. The number of methoxy groups -OCH3 is 1. The van der Waals surface area contributed by atoms with Crippen molar-refractivity contribution in [2.75, 3.05) is 32.1 Å². The van der Waals surface area contributed by atoms with Gasteiger partial charge in [0.1, 0.15) is 11.8 Å². The number of pyridine rings is 1. The lowest BCUT2D eigenvalue weighted by Crippen LogP contribution is -2.58. The van der Waals surface area contributed by atoms with Crippen molar-refractivity contribution in [1.82, 2.24) is 15.2 Å². The quantitative estimate of drug-likeness (QED) is 0.101. The highest BCUT2D eigenvalue weighted by Crippen LogP contribution is 2.32. The largest absolute Gasteiger partial charge is 0.494 e. The molecule has 10 nitrogen and oxygen atoms in total. The Kier molecular flexibility index (Phi) is 13.9. The van der Waals surface area contributed by atoms with Crippen LogP contribution in [0.3, 0.4) is 0 Å². The first-order valence-corrected chi connectivity index (χ1v) is 19.7. The van der Waals surface area contributed by atoms with Gasteiger partial charge < -0.3 is 30.7 Å². The zero-order valence-corrected chi connectivity index (χ0v) is 31.5. The molecular weight excluding hydrogens is 679 g/mol. The van der Waals surface area contributed by atoms with Crippen LogP contribution in [0.2, 0.25) is 0 Å². The molecule has 1 saturated carbocycles. The lowest BCUT2D eigenvalue weighted by Gasteiger charge is -2.41. The van der Waals surface area contributed by atoms with Crippen LogP contribution in [0.5, 0.6) is 5.75 Å². The van der Waals surface area contributed by atoms with Crippen molar-refractivity contribution in [2.24, 2.45) is 11.7 Å². The molecule has 3 atom stereocenters. The third kappa shape index (κ3) is 10.6. The van der Waals surface area contributed by atoms with Gasteiger partial charge in [-0.3, -0.25) is 14.6 Å². The van der Waals surface area contributed by atoms with Crippen LogP contribution in [-0.2, 0) is 27.2 Å². The van der Waals surface area contributed by atoms with Crippen molar-refractivity contribution in [1.29, 1.82) is 0 Å². The van der Waals surface area contributed by atoms with E-state index in [-0.39, 0.29) is 23.7 Å². The molecule has 0 unspecified atom stereocenters. The summed E-state index contributed by atoms with van der Waals surface area (Å²) >= 11 is 0. The smallest absolute Gasteiger partial charge is 0.406 e. The van der Waals surface area contributed by atoms with Gasteiger partial charge in [0.05, 0.1) is 25.3 Å². The summed E-state index contributed by atoms with van der Waals surface area (Å²) in [7, 11) is 1.37. The first kappa shape index (κ1) is 38.8. The number of carbonyl (C=O) groups excluding carboxylic acids is 3. The number of fused-ring (bicyclic) bond motifs is 1. The molecule has 54 heavy (non-hydrogen) atoms. The van der Waals surface area contributed by atoms with Crippen LogP contribution >= 0.6 is 0 Å². The predicted octanol–water partition coefficient (Wildman–Crippen LogP) is 7.55. The number of amides is 3. The molecule has 0 bridgehead atoms. The fourth-order valence-electron chi connectivity index (χ4n) is 7.97. The van der Waals surface area contributed by atoms with Crippen molar-refractivity contribution in [3.05, 3.63) is 102 Å². The Balaban J connectivity index is 0.942. The lowest BCUT2D eigenvalue weighted by molar-refractivity contribution is -0.144. The molecule has 1 aliphatic heterocycles. The van der Waals surface area contributed by atoms with Crippen LogP contribution in [-0.4, -0.2) is 66.7 Å². The number of anilines is 1. The van der Waals surface area contributed by atoms with Crippen LogP contribution in [0.1, 0.15) is 86.8 Å². The topological polar surface area (TPSA) is 136 Å². The summed E-state index contributed by atoms with van der Waals surface area (Å²) in [5, 5.41) is 7.08. The average molecular weight is 734 g/mol. The van der Waals surface area contributed by atoms with Crippen LogP contribution in [0.15, 0.2) is 85.1 Å². The monoisotopic (exact) mass is 733 g/mol. The SMILES string of the molecule is COC(=O)NC[C@@H](Cc1cnc2ccccc2c1)c1ccc(OCCCCCc2ccc(NC(=O)[C@H](C3CCCCC3)N3CCC[C@H](N)C3=O)cc2)cc1. The van der Waals surface area contributed by atoms with E-state index in [0.717, 1.165) is 97.7 Å². The highest BCUT2D eigenvalue weighted by atomic mass is 16.5. The van der Waals surface area contributed by atoms with E-state index in [4.69, 9.17) is 15.2 Å². The molecule has 2 fully saturated rings. The van der Waals surface area contributed by atoms with E-state index >= 15 is 0 Å². The van der Waals surface area contributed by atoms with E-state index < -0.39 is 18.2 Å². The maximum Gasteiger partial charge on any atom is 0.406 e. The van der Waals surface area contributed by atoms with Crippen molar-refractivity contribution in [3.63, 3.8) is 0 Å². The van der Waals surface area contributed by atoms with Crippen LogP contribution < -0.4 is 21.1 Å². The maximum atomic E-state index is 13.7. The molecule has 0 radical (unpaired) electrons. The highest BCUT2D eigenvalue weighted by molar-refractivity contribution is 5.98. The minimum absolute atomic E-state index is 0.0367. The Labute approximate surface area is 319 Å². The number of likely N-dealkylation sites (tertiary alicyclic amines) is 1. The third-order valence-corrected chi connectivity index (χ3v) is 11.0. The number of nitrogens with zero attached hydrogens (tertiary/aromatic N) is 2. The van der Waals surface area contributed by atoms with Crippen molar-refractivity contribution in [2.45, 2.75) is 95.1 Å². The van der Waals surface area contributed by atoms with Crippen LogP contribution in [0.4, 0.5) is 10.5 Å². The summed E-state index contributed by atoms with van der Waals surface area (Å²) in [5.74, 6) is 0.846. The summed E-state index contributed by atoms with van der Waals surface area (Å²) < 4.78 is 10.9. The van der Waals surface area contributed by atoms with E-state index in [1.807, 2.05) is 48.7 Å². The van der Waals surface area contributed by atoms with Crippen molar-refractivity contribution in [3.8, 4) is 5.75 Å². The minimum atomic E-state index is -0.511. The standard InChI is InChI=1S/C44H55N5O5/c1-53-44(52)47-30-36(28-32-27-35-14-7-8-16-40(35)46-29-32)33-19-23-38(24-20-33)54-26-9-3-4-11-31-17-21-37(22-18-31)48-42(50)41(34-12-5-2-6-13-34)49-25-10-15-39(45)43(49)51/h7-8,14,16-24,27,29,34,36,39,41H,2-6,9-13,15,25-26,28,30,45H2,1H3,(H,47,52)(H,48,50)/t36-,39+,41+/m1/s1. The van der Waals surface area contributed by atoms with E-state index in [9.17, 15) is 14.4 Å². The van der Waals surface area contributed by atoms with Gasteiger partial charge >= 0.3 is 6.09 Å². The maximum absolute atomic E-state index is 13.7. The minimum Gasteiger partial charge on any atom is -0.494 e.